The van der Waals surface area contributed by atoms with Gasteiger partial charge in [-0.05, 0) is 52.2 Å². The SMILES string of the molecule is CCN(CC)CCCC(C)NC1CCCCCCC1. The molecular weight excluding hydrogens is 232 g/mol. The fourth-order valence-corrected chi connectivity index (χ4v) is 3.27. The number of nitrogens with zero attached hydrogens (tertiary/aromatic N) is 1. The number of rotatable bonds is 8. The first-order chi connectivity index (χ1) is 9.26. The van der Waals surface area contributed by atoms with Gasteiger partial charge in [-0.25, -0.2) is 0 Å². The fourth-order valence-electron chi connectivity index (χ4n) is 3.27. The zero-order valence-corrected chi connectivity index (χ0v) is 13.6. The van der Waals surface area contributed by atoms with Crippen LogP contribution in [-0.4, -0.2) is 36.6 Å². The maximum absolute atomic E-state index is 3.88. The molecule has 0 aromatic heterocycles. The molecule has 114 valence electrons. The van der Waals surface area contributed by atoms with Crippen LogP contribution in [0.4, 0.5) is 0 Å². The van der Waals surface area contributed by atoms with Crippen LogP contribution in [-0.2, 0) is 0 Å². The molecule has 1 rings (SSSR count). The highest BCUT2D eigenvalue weighted by molar-refractivity contribution is 4.74. The minimum absolute atomic E-state index is 0.694. The van der Waals surface area contributed by atoms with Crippen molar-refractivity contribution in [1.29, 1.82) is 0 Å². The van der Waals surface area contributed by atoms with Crippen LogP contribution in [0.5, 0.6) is 0 Å². The van der Waals surface area contributed by atoms with Gasteiger partial charge in [0.25, 0.3) is 0 Å². The lowest BCUT2D eigenvalue weighted by Gasteiger charge is -2.26. The first-order valence-corrected chi connectivity index (χ1v) is 8.74. The van der Waals surface area contributed by atoms with Crippen LogP contribution >= 0.6 is 0 Å². The van der Waals surface area contributed by atoms with E-state index in [4.69, 9.17) is 0 Å². The van der Waals surface area contributed by atoms with E-state index in [2.05, 4.69) is 31.0 Å². The summed E-state index contributed by atoms with van der Waals surface area (Å²) in [5.74, 6) is 0. The van der Waals surface area contributed by atoms with Crippen LogP contribution < -0.4 is 5.32 Å². The van der Waals surface area contributed by atoms with Gasteiger partial charge in [0.05, 0.1) is 0 Å². The smallest absolute Gasteiger partial charge is 0.00695 e. The van der Waals surface area contributed by atoms with E-state index >= 15 is 0 Å². The van der Waals surface area contributed by atoms with E-state index in [-0.39, 0.29) is 0 Å². The molecule has 1 unspecified atom stereocenters. The Morgan fingerprint density at radius 3 is 2.16 bits per heavy atom. The second-order valence-corrected chi connectivity index (χ2v) is 6.28. The summed E-state index contributed by atoms with van der Waals surface area (Å²) in [6.45, 7) is 10.6. The van der Waals surface area contributed by atoms with Gasteiger partial charge in [-0.3, -0.25) is 0 Å². The summed E-state index contributed by atoms with van der Waals surface area (Å²) in [5.41, 5.74) is 0. The average molecular weight is 268 g/mol. The van der Waals surface area contributed by atoms with Crippen LogP contribution in [0.1, 0.15) is 78.6 Å². The third-order valence-corrected chi connectivity index (χ3v) is 4.63. The molecule has 1 saturated carbocycles. The summed E-state index contributed by atoms with van der Waals surface area (Å²) < 4.78 is 0. The third kappa shape index (κ3) is 7.94. The van der Waals surface area contributed by atoms with Gasteiger partial charge in [-0.1, -0.05) is 46.0 Å². The highest BCUT2D eigenvalue weighted by Gasteiger charge is 2.13. The van der Waals surface area contributed by atoms with E-state index in [9.17, 15) is 0 Å². The van der Waals surface area contributed by atoms with E-state index in [0.717, 1.165) is 6.04 Å². The van der Waals surface area contributed by atoms with Crippen LogP contribution in [0.2, 0.25) is 0 Å². The van der Waals surface area contributed by atoms with Gasteiger partial charge in [0, 0.05) is 12.1 Å². The van der Waals surface area contributed by atoms with Crippen molar-refractivity contribution in [3.8, 4) is 0 Å². The van der Waals surface area contributed by atoms with Crippen LogP contribution in [0, 0.1) is 0 Å². The largest absolute Gasteiger partial charge is 0.312 e. The molecule has 1 aliphatic rings. The summed E-state index contributed by atoms with van der Waals surface area (Å²) >= 11 is 0. The Balaban J connectivity index is 2.12. The van der Waals surface area contributed by atoms with Crippen molar-refractivity contribution in [2.24, 2.45) is 0 Å². The van der Waals surface area contributed by atoms with E-state index in [0.29, 0.717) is 6.04 Å². The highest BCUT2D eigenvalue weighted by Crippen LogP contribution is 2.18. The molecule has 1 N–H and O–H groups in total. The quantitative estimate of drug-likeness (QED) is 0.710. The molecule has 2 heteroatoms. The fraction of sp³-hybridized carbons (Fsp3) is 1.00. The molecule has 0 aliphatic heterocycles. The second-order valence-electron chi connectivity index (χ2n) is 6.28. The van der Waals surface area contributed by atoms with E-state index < -0.39 is 0 Å². The summed E-state index contributed by atoms with van der Waals surface area (Å²) in [4.78, 5) is 2.53. The predicted molar refractivity (Wildman–Crippen MR) is 85.7 cm³/mol. The van der Waals surface area contributed by atoms with Crippen molar-refractivity contribution in [3.63, 3.8) is 0 Å². The first kappa shape index (κ1) is 17.0. The first-order valence-electron chi connectivity index (χ1n) is 8.74. The maximum Gasteiger partial charge on any atom is 0.00695 e. The normalized spacial score (nSPS) is 20.2. The number of hydrogen-bond donors (Lipinski definition) is 1. The molecule has 0 amide bonds. The summed E-state index contributed by atoms with van der Waals surface area (Å²) in [5, 5.41) is 3.88. The van der Waals surface area contributed by atoms with Crippen molar-refractivity contribution in [1.82, 2.24) is 10.2 Å². The lowest BCUT2D eigenvalue weighted by molar-refractivity contribution is 0.283. The van der Waals surface area contributed by atoms with Gasteiger partial charge in [0.1, 0.15) is 0 Å². The van der Waals surface area contributed by atoms with Crippen LogP contribution in [0.25, 0.3) is 0 Å². The lowest BCUT2D eigenvalue weighted by atomic mass is 9.96. The topological polar surface area (TPSA) is 15.3 Å². The number of nitrogens with one attached hydrogen (secondary N) is 1. The standard InChI is InChI=1S/C17H36N2/c1-4-19(5-2)15-11-12-16(3)18-17-13-9-7-6-8-10-14-17/h16-18H,4-15H2,1-3H3. The molecule has 0 heterocycles. The molecule has 0 radical (unpaired) electrons. The van der Waals surface area contributed by atoms with Gasteiger partial charge >= 0.3 is 0 Å². The van der Waals surface area contributed by atoms with Crippen molar-refractivity contribution >= 4 is 0 Å². The Hall–Kier alpha value is -0.0800. The Labute approximate surface area is 121 Å². The van der Waals surface area contributed by atoms with Crippen molar-refractivity contribution in [3.05, 3.63) is 0 Å². The van der Waals surface area contributed by atoms with Gasteiger partial charge in [0.2, 0.25) is 0 Å². The Kier molecular flexibility index (Phi) is 9.54. The Bertz CT molecular complexity index is 193. The molecule has 0 bridgehead atoms. The Morgan fingerprint density at radius 1 is 1.00 bits per heavy atom. The molecule has 0 saturated heterocycles. The predicted octanol–water partition coefficient (Wildman–Crippen LogP) is 4.20. The molecule has 0 aromatic carbocycles. The highest BCUT2D eigenvalue weighted by atomic mass is 15.1. The molecule has 0 aromatic rings. The van der Waals surface area contributed by atoms with E-state index in [1.165, 1.54) is 77.4 Å². The summed E-state index contributed by atoms with van der Waals surface area (Å²) in [6.07, 6.45) is 12.7. The van der Waals surface area contributed by atoms with Crippen LogP contribution in [0.3, 0.4) is 0 Å². The van der Waals surface area contributed by atoms with E-state index in [1.807, 2.05) is 0 Å². The zero-order valence-electron chi connectivity index (χ0n) is 13.6. The molecule has 0 spiro atoms. The molecule has 19 heavy (non-hydrogen) atoms. The average Bonchev–Trinajstić information content (AvgIpc) is 2.38. The van der Waals surface area contributed by atoms with Gasteiger partial charge < -0.3 is 10.2 Å². The van der Waals surface area contributed by atoms with Gasteiger partial charge in [-0.2, -0.15) is 0 Å². The van der Waals surface area contributed by atoms with Crippen molar-refractivity contribution < 1.29 is 0 Å². The summed E-state index contributed by atoms with van der Waals surface area (Å²) in [7, 11) is 0. The number of hydrogen-bond acceptors (Lipinski definition) is 2. The van der Waals surface area contributed by atoms with Gasteiger partial charge in [0.15, 0.2) is 0 Å². The summed E-state index contributed by atoms with van der Waals surface area (Å²) in [6, 6.07) is 1.49. The molecule has 2 nitrogen and oxygen atoms in total. The Morgan fingerprint density at radius 2 is 1.58 bits per heavy atom. The molecule has 1 fully saturated rings. The monoisotopic (exact) mass is 268 g/mol. The van der Waals surface area contributed by atoms with Crippen LogP contribution in [0.15, 0.2) is 0 Å². The third-order valence-electron chi connectivity index (χ3n) is 4.63. The lowest BCUT2D eigenvalue weighted by Crippen LogP contribution is -2.37. The minimum Gasteiger partial charge on any atom is -0.312 e. The molecule has 1 atom stereocenters. The van der Waals surface area contributed by atoms with E-state index in [1.54, 1.807) is 0 Å². The van der Waals surface area contributed by atoms with Gasteiger partial charge in [-0.15, -0.1) is 0 Å². The maximum atomic E-state index is 3.88. The molecule has 1 aliphatic carbocycles. The van der Waals surface area contributed by atoms with Crippen molar-refractivity contribution in [2.45, 2.75) is 90.6 Å². The molecular formula is C17H36N2. The zero-order chi connectivity index (χ0) is 13.9. The second kappa shape index (κ2) is 10.7. The van der Waals surface area contributed by atoms with Crippen molar-refractivity contribution in [2.75, 3.05) is 19.6 Å². The minimum atomic E-state index is 0.694.